The molecule has 21 heavy (non-hydrogen) atoms. The number of hydrogen-bond donors (Lipinski definition) is 1. The SMILES string of the molecule is COc1c(Br)cc(Br)cc1CNc1ccc(F)c(F)c1F. The Morgan fingerprint density at radius 3 is 2.48 bits per heavy atom. The normalized spacial score (nSPS) is 10.6. The number of nitrogens with one attached hydrogen (secondary N) is 1. The van der Waals surface area contributed by atoms with Gasteiger partial charge >= 0.3 is 0 Å². The number of halogens is 5. The van der Waals surface area contributed by atoms with Crippen LogP contribution in [0.4, 0.5) is 18.9 Å². The highest BCUT2D eigenvalue weighted by Crippen LogP contribution is 2.33. The van der Waals surface area contributed by atoms with E-state index in [1.54, 1.807) is 12.1 Å². The molecule has 0 heterocycles. The van der Waals surface area contributed by atoms with Gasteiger partial charge in [-0.2, -0.15) is 0 Å². The largest absolute Gasteiger partial charge is 0.495 e. The zero-order valence-corrected chi connectivity index (χ0v) is 14.0. The van der Waals surface area contributed by atoms with Crippen LogP contribution in [0.3, 0.4) is 0 Å². The van der Waals surface area contributed by atoms with E-state index in [2.05, 4.69) is 37.2 Å². The van der Waals surface area contributed by atoms with Crippen LogP contribution < -0.4 is 10.1 Å². The average molecular weight is 425 g/mol. The topological polar surface area (TPSA) is 21.3 Å². The Morgan fingerprint density at radius 2 is 1.81 bits per heavy atom. The third kappa shape index (κ3) is 3.52. The van der Waals surface area contributed by atoms with Crippen LogP contribution >= 0.6 is 31.9 Å². The minimum absolute atomic E-state index is 0.118. The first-order chi connectivity index (χ1) is 9.93. The first-order valence-corrected chi connectivity index (χ1v) is 7.42. The fraction of sp³-hybridized carbons (Fsp3) is 0.143. The van der Waals surface area contributed by atoms with E-state index in [0.29, 0.717) is 5.75 Å². The molecule has 0 aliphatic rings. The van der Waals surface area contributed by atoms with Gasteiger partial charge in [0.15, 0.2) is 17.5 Å². The zero-order valence-electron chi connectivity index (χ0n) is 10.8. The number of rotatable bonds is 4. The molecular weight excluding hydrogens is 415 g/mol. The summed E-state index contributed by atoms with van der Waals surface area (Å²) in [6.07, 6.45) is 0. The summed E-state index contributed by atoms with van der Waals surface area (Å²) in [4.78, 5) is 0. The van der Waals surface area contributed by atoms with Crippen LogP contribution in [-0.4, -0.2) is 7.11 Å². The van der Waals surface area contributed by atoms with E-state index in [4.69, 9.17) is 4.74 Å². The minimum atomic E-state index is -1.50. The van der Waals surface area contributed by atoms with Crippen LogP contribution in [0.5, 0.6) is 5.75 Å². The van der Waals surface area contributed by atoms with Gasteiger partial charge in [0.1, 0.15) is 5.75 Å². The van der Waals surface area contributed by atoms with Crippen LogP contribution in [0.15, 0.2) is 33.2 Å². The zero-order chi connectivity index (χ0) is 15.6. The summed E-state index contributed by atoms with van der Waals surface area (Å²) < 4.78 is 46.4. The van der Waals surface area contributed by atoms with E-state index in [1.165, 1.54) is 7.11 Å². The molecule has 0 saturated carbocycles. The molecule has 0 saturated heterocycles. The first kappa shape index (κ1) is 16.2. The van der Waals surface area contributed by atoms with Gasteiger partial charge in [0, 0.05) is 16.6 Å². The summed E-state index contributed by atoms with van der Waals surface area (Å²) in [7, 11) is 1.51. The number of methoxy groups -OCH3 is 1. The Labute approximate surface area is 136 Å². The van der Waals surface area contributed by atoms with Gasteiger partial charge in [-0.1, -0.05) is 15.9 Å². The summed E-state index contributed by atoms with van der Waals surface area (Å²) in [6.45, 7) is 0.184. The predicted molar refractivity (Wildman–Crippen MR) is 82.0 cm³/mol. The molecule has 0 aliphatic heterocycles. The Balaban J connectivity index is 2.27. The van der Waals surface area contributed by atoms with Gasteiger partial charge in [0.05, 0.1) is 17.3 Å². The molecule has 2 aromatic carbocycles. The molecule has 0 aromatic heterocycles. The van der Waals surface area contributed by atoms with Crippen LogP contribution in [0.2, 0.25) is 0 Å². The summed E-state index contributed by atoms with van der Waals surface area (Å²) in [5.74, 6) is -3.39. The second kappa shape index (κ2) is 6.70. The smallest absolute Gasteiger partial charge is 0.196 e. The summed E-state index contributed by atoms with van der Waals surface area (Å²) >= 11 is 6.69. The Hall–Kier alpha value is -1.21. The standard InChI is InChI=1S/C14H10Br2F3NO/c1-21-14-7(4-8(15)5-9(14)16)6-20-11-3-2-10(17)12(18)13(11)19/h2-5,20H,6H2,1H3. The highest BCUT2D eigenvalue weighted by Gasteiger charge is 2.14. The Morgan fingerprint density at radius 1 is 1.10 bits per heavy atom. The average Bonchev–Trinajstić information content (AvgIpc) is 2.43. The van der Waals surface area contributed by atoms with Crippen LogP contribution in [0.1, 0.15) is 5.56 Å². The third-order valence-electron chi connectivity index (χ3n) is 2.79. The van der Waals surface area contributed by atoms with Gasteiger partial charge in [-0.25, -0.2) is 13.2 Å². The third-order valence-corrected chi connectivity index (χ3v) is 3.84. The molecule has 2 rings (SSSR count). The van der Waals surface area contributed by atoms with E-state index in [9.17, 15) is 13.2 Å². The van der Waals surface area contributed by atoms with Gasteiger partial charge in [0.25, 0.3) is 0 Å². The summed E-state index contributed by atoms with van der Waals surface area (Å²) in [6, 6.07) is 5.61. The van der Waals surface area contributed by atoms with Gasteiger partial charge in [-0.3, -0.25) is 0 Å². The summed E-state index contributed by atoms with van der Waals surface area (Å²) in [5.41, 5.74) is 0.606. The lowest BCUT2D eigenvalue weighted by molar-refractivity contribution is 0.407. The molecule has 0 amide bonds. The molecule has 0 atom stereocenters. The number of ether oxygens (including phenoxy) is 1. The van der Waals surface area contributed by atoms with Crippen molar-refractivity contribution in [2.75, 3.05) is 12.4 Å². The molecule has 2 nitrogen and oxygen atoms in total. The quantitative estimate of drug-likeness (QED) is 0.677. The molecule has 0 spiro atoms. The molecule has 0 aliphatic carbocycles. The van der Waals surface area contributed by atoms with E-state index >= 15 is 0 Å². The van der Waals surface area contributed by atoms with Crippen molar-refractivity contribution in [2.45, 2.75) is 6.54 Å². The predicted octanol–water partition coefficient (Wildman–Crippen LogP) is 5.25. The van der Waals surface area contributed by atoms with Gasteiger partial charge in [-0.15, -0.1) is 0 Å². The van der Waals surface area contributed by atoms with Crippen molar-refractivity contribution in [1.82, 2.24) is 0 Å². The molecular formula is C14H10Br2F3NO. The van der Waals surface area contributed by atoms with Crippen LogP contribution in [-0.2, 0) is 6.54 Å². The highest BCUT2D eigenvalue weighted by molar-refractivity contribution is 9.11. The van der Waals surface area contributed by atoms with Crippen molar-refractivity contribution in [1.29, 1.82) is 0 Å². The van der Waals surface area contributed by atoms with Gasteiger partial charge < -0.3 is 10.1 Å². The maximum atomic E-state index is 13.6. The lowest BCUT2D eigenvalue weighted by atomic mass is 10.2. The molecule has 0 fully saturated rings. The maximum Gasteiger partial charge on any atom is 0.196 e. The monoisotopic (exact) mass is 423 g/mol. The van der Waals surface area contributed by atoms with Crippen molar-refractivity contribution in [2.24, 2.45) is 0 Å². The second-order valence-corrected chi connectivity index (χ2v) is 5.93. The highest BCUT2D eigenvalue weighted by atomic mass is 79.9. The van der Waals surface area contributed by atoms with E-state index in [1.807, 2.05) is 0 Å². The molecule has 0 bridgehead atoms. The Bertz CT molecular complexity index is 680. The van der Waals surface area contributed by atoms with Gasteiger partial charge in [0.2, 0.25) is 0 Å². The van der Waals surface area contributed by atoms with Crippen molar-refractivity contribution in [3.63, 3.8) is 0 Å². The molecule has 1 N–H and O–H groups in total. The maximum absolute atomic E-state index is 13.6. The molecule has 7 heteroatoms. The second-order valence-electron chi connectivity index (χ2n) is 4.16. The molecule has 2 aromatic rings. The number of anilines is 1. The van der Waals surface area contributed by atoms with Crippen molar-refractivity contribution < 1.29 is 17.9 Å². The van der Waals surface area contributed by atoms with E-state index < -0.39 is 17.5 Å². The Kier molecular flexibility index (Phi) is 5.16. The molecule has 112 valence electrons. The fourth-order valence-electron chi connectivity index (χ4n) is 1.83. The van der Waals surface area contributed by atoms with Crippen molar-refractivity contribution in [3.05, 3.63) is 56.2 Å². The minimum Gasteiger partial charge on any atom is -0.495 e. The summed E-state index contributed by atoms with van der Waals surface area (Å²) in [5, 5.41) is 2.72. The lowest BCUT2D eigenvalue weighted by Gasteiger charge is -2.13. The van der Waals surface area contributed by atoms with E-state index in [-0.39, 0.29) is 12.2 Å². The number of hydrogen-bond acceptors (Lipinski definition) is 2. The number of benzene rings is 2. The van der Waals surface area contributed by atoms with Crippen LogP contribution in [0.25, 0.3) is 0 Å². The van der Waals surface area contributed by atoms with Crippen molar-refractivity contribution in [3.8, 4) is 5.75 Å². The lowest BCUT2D eigenvalue weighted by Crippen LogP contribution is -2.05. The first-order valence-electron chi connectivity index (χ1n) is 5.83. The molecule has 0 radical (unpaired) electrons. The van der Waals surface area contributed by atoms with E-state index in [0.717, 1.165) is 26.6 Å². The fourth-order valence-corrected chi connectivity index (χ4v) is 3.30. The molecule has 0 unspecified atom stereocenters. The van der Waals surface area contributed by atoms with Gasteiger partial charge in [-0.05, 0) is 40.2 Å². The van der Waals surface area contributed by atoms with Crippen molar-refractivity contribution >= 4 is 37.5 Å². The van der Waals surface area contributed by atoms with Crippen LogP contribution in [0, 0.1) is 17.5 Å².